The molecule has 5 unspecified atom stereocenters. The van der Waals surface area contributed by atoms with Gasteiger partial charge in [-0.3, -0.25) is 0 Å². The summed E-state index contributed by atoms with van der Waals surface area (Å²) in [5.41, 5.74) is 3.11. The Kier molecular flexibility index (Phi) is 1.27. The predicted octanol–water partition coefficient (Wildman–Crippen LogP) is 6.59. The molecule has 0 aromatic heterocycles. The molecule has 0 radical (unpaired) electrons. The third kappa shape index (κ3) is 0.462. The summed E-state index contributed by atoms with van der Waals surface area (Å²) in [6.07, 6.45) is 4.83. The molecule has 190 valence electrons. The normalized spacial score (nSPS) is 64.0. The number of fused-ring (bicyclic) bond motifs is 10. The van der Waals surface area contributed by atoms with Crippen LogP contribution < -0.4 is 0 Å². The molecule has 6 heteroatoms. The Morgan fingerprint density at radius 1 is 0.811 bits per heavy atom. The third-order valence-corrected chi connectivity index (χ3v) is 62.5. The first-order chi connectivity index (χ1) is 17.7. The molecule has 2 amide bonds. The molecule has 11 fully saturated rings. The Bertz CT molecular complexity index is 1850. The Morgan fingerprint density at radius 2 is 1.27 bits per heavy atom. The summed E-state index contributed by atoms with van der Waals surface area (Å²) in [5, 5.41) is 19.7. The molecular formula is C31H29FeNO4. The van der Waals surface area contributed by atoms with Crippen molar-refractivity contribution >= 4 is 17.4 Å². The van der Waals surface area contributed by atoms with Crippen LogP contribution in [0, 0.1) is 0 Å². The van der Waals surface area contributed by atoms with Gasteiger partial charge in [0.2, 0.25) is 0 Å². The number of carbonyl (C=O) groups excluding carboxylic acids is 2. The molecule has 0 bridgehead atoms. The first-order valence-electron chi connectivity index (χ1n) is 14.1. The Labute approximate surface area is 204 Å². The number of benzene rings is 2. The zero-order valence-electron chi connectivity index (χ0n) is 20.3. The van der Waals surface area contributed by atoms with E-state index in [1.807, 2.05) is 29.2 Å². The van der Waals surface area contributed by atoms with Crippen LogP contribution in [-0.4, -0.2) is 33.0 Å². The molecule has 11 heterocycles. The molecule has 2 N–H and O–H groups in total. The molecule has 13 rings (SSSR count). The number of carbonyl (C=O) groups is 2. The standard InChI is InChI=1S/C26H24NO4.C5H5.Fe/c28-21-12-8-18(9-13-21)23(19-10-14-22(29)15-11-19)6-3-7-24(20-4-1-2-5-20)27-25(30)16-17-26(27)31;1-2-4-5-3-1;/h1-2,4-6,8-15,24,28-29H,3,7,16-17H2;1-5H;. The van der Waals surface area contributed by atoms with Crippen molar-refractivity contribution < 1.29 is 26.3 Å². The van der Waals surface area contributed by atoms with E-state index in [1.54, 1.807) is 24.3 Å². The molecule has 11 aliphatic rings. The van der Waals surface area contributed by atoms with Crippen molar-refractivity contribution in [3.63, 3.8) is 0 Å². The summed E-state index contributed by atoms with van der Waals surface area (Å²) in [6.45, 7) is -3.53. The number of hydrogen-bond acceptors (Lipinski definition) is 4. The van der Waals surface area contributed by atoms with Gasteiger partial charge in [-0.25, -0.2) is 0 Å². The fourth-order valence-electron chi connectivity index (χ4n) is 20.8. The van der Waals surface area contributed by atoms with Crippen LogP contribution in [0.25, 0.3) is 5.57 Å². The number of imide groups is 1. The quantitative estimate of drug-likeness (QED) is 0.310. The van der Waals surface area contributed by atoms with Crippen molar-refractivity contribution in [2.24, 2.45) is 0 Å². The van der Waals surface area contributed by atoms with Crippen LogP contribution >= 0.6 is 0 Å². The Hall–Kier alpha value is -2.56. The zero-order chi connectivity index (χ0) is 24.4. The van der Waals surface area contributed by atoms with Gasteiger partial charge in [0, 0.05) is 0 Å². The molecule has 0 aliphatic carbocycles. The second-order valence-corrected chi connectivity index (χ2v) is 39.8. The Balaban J connectivity index is 0.942. The number of phenolic OH excluding ortho intramolecular Hbond substituents is 2. The van der Waals surface area contributed by atoms with Crippen LogP contribution in [0.5, 0.6) is 11.5 Å². The summed E-state index contributed by atoms with van der Waals surface area (Å²) in [6, 6.07) is 14.7. The number of likely N-dealkylation sites (tertiary alicyclic amines) is 1. The van der Waals surface area contributed by atoms with Gasteiger partial charge < -0.3 is 0 Å². The molecular weight excluding hydrogens is 506 g/mol. The van der Waals surface area contributed by atoms with Crippen molar-refractivity contribution in [3.05, 3.63) is 65.7 Å². The molecule has 11 aliphatic heterocycles. The monoisotopic (exact) mass is 535 g/mol. The fourth-order valence-corrected chi connectivity index (χ4v) is 96.0. The second-order valence-electron chi connectivity index (χ2n) is 16.2. The van der Waals surface area contributed by atoms with Crippen LogP contribution in [-0.2, 0) is 16.1 Å². The fraction of sp³-hybridized carbons (Fsp3) is 0.484. The van der Waals surface area contributed by atoms with Crippen molar-refractivity contribution in [1.29, 1.82) is 0 Å². The van der Waals surface area contributed by atoms with Gasteiger partial charge in [-0.05, 0) is 0 Å². The maximum absolute atomic E-state index is 13.2. The van der Waals surface area contributed by atoms with E-state index in [-0.39, 0.29) is 29.4 Å². The summed E-state index contributed by atoms with van der Waals surface area (Å²) in [7, 11) is 0. The molecule has 5 nitrogen and oxygen atoms in total. The van der Waals surface area contributed by atoms with E-state index in [2.05, 4.69) is 6.08 Å². The van der Waals surface area contributed by atoms with Crippen LogP contribution in [0.1, 0.15) is 36.8 Å². The average Bonchev–Trinajstić information content (AvgIpc) is 3.80. The van der Waals surface area contributed by atoms with Crippen molar-refractivity contribution in [2.75, 3.05) is 0 Å². The number of aromatic hydroxyl groups is 2. The van der Waals surface area contributed by atoms with Crippen LogP contribution in [0.2, 0.25) is 47.7 Å². The minimum absolute atomic E-state index is 0.104. The van der Waals surface area contributed by atoms with Crippen LogP contribution in [0.15, 0.2) is 54.6 Å². The molecule has 0 saturated carbocycles. The van der Waals surface area contributed by atoms with Gasteiger partial charge in [-0.15, -0.1) is 0 Å². The van der Waals surface area contributed by atoms with Gasteiger partial charge in [0.15, 0.2) is 0 Å². The summed E-state index contributed by atoms with van der Waals surface area (Å²) >= 11 is 0. The van der Waals surface area contributed by atoms with E-state index in [0.717, 1.165) is 39.2 Å². The van der Waals surface area contributed by atoms with Gasteiger partial charge in [-0.2, -0.15) is 0 Å². The van der Waals surface area contributed by atoms with E-state index in [9.17, 15) is 19.8 Å². The number of nitrogens with zero attached hydrogens (tertiary/aromatic N) is 1. The SMILES string of the molecule is O=C1CCC(=O)N1C(CCC=C(c1ccc(O)cc1)c1ccc(O)cc1)[C]12[CH]3[CH]4[CH]5[CH]1[Fe]45321678[CH]2[CH]1[CH]6[CH]7[CH]28. The van der Waals surface area contributed by atoms with E-state index >= 15 is 0 Å². The van der Waals surface area contributed by atoms with E-state index in [1.165, 1.54) is 33.7 Å². The number of rotatable bonds is 7. The topological polar surface area (TPSA) is 77.8 Å². The molecule has 2 aromatic rings. The maximum atomic E-state index is 13.2. The first kappa shape index (κ1) is 17.9. The second kappa shape index (κ2) is 2.64. The third-order valence-electron chi connectivity index (χ3n) is 19.8. The molecule has 11 saturated heterocycles. The zero-order valence-corrected chi connectivity index (χ0v) is 21.4. The van der Waals surface area contributed by atoms with E-state index < -0.39 is 6.51 Å². The van der Waals surface area contributed by atoms with Crippen molar-refractivity contribution in [1.82, 2.24) is 4.90 Å². The molecule has 1 spiro atoms. The van der Waals surface area contributed by atoms with E-state index in [0.29, 0.717) is 17.2 Å². The first-order valence-corrected chi connectivity index (χ1v) is 20.4. The Morgan fingerprint density at radius 3 is 1.65 bits per heavy atom. The molecule has 5 atom stereocenters. The van der Waals surface area contributed by atoms with Gasteiger partial charge in [0.05, 0.1) is 0 Å². The predicted molar refractivity (Wildman–Crippen MR) is 134 cm³/mol. The summed E-state index contributed by atoms with van der Waals surface area (Å²) in [5.74, 6) is 0.684. The summed E-state index contributed by atoms with van der Waals surface area (Å²) in [4.78, 5) is 38.5. The van der Waals surface area contributed by atoms with Crippen molar-refractivity contribution in [2.45, 2.75) is 79.4 Å². The number of amides is 2. The molecule has 2 aromatic carbocycles. The van der Waals surface area contributed by atoms with Gasteiger partial charge in [0.1, 0.15) is 0 Å². The van der Waals surface area contributed by atoms with Crippen molar-refractivity contribution in [3.8, 4) is 11.5 Å². The van der Waals surface area contributed by atoms with Crippen LogP contribution in [0.3, 0.4) is 0 Å². The van der Waals surface area contributed by atoms with Crippen LogP contribution in [0.4, 0.5) is 0 Å². The van der Waals surface area contributed by atoms with Gasteiger partial charge in [0.25, 0.3) is 0 Å². The van der Waals surface area contributed by atoms with Gasteiger partial charge in [-0.1, -0.05) is 0 Å². The van der Waals surface area contributed by atoms with E-state index in [4.69, 9.17) is 0 Å². The number of hydrogen-bond donors (Lipinski definition) is 2. The number of phenols is 2. The number of allylic oxidation sites excluding steroid dienone is 1. The summed E-state index contributed by atoms with van der Waals surface area (Å²) < 4.78 is 0.472. The van der Waals surface area contributed by atoms with Gasteiger partial charge >= 0.3 is 205 Å². The molecule has 37 heavy (non-hydrogen) atoms. The minimum atomic E-state index is -3.53. The average molecular weight is 535 g/mol.